The molecule has 9 nitrogen and oxygen atoms in total. The van der Waals surface area contributed by atoms with E-state index in [4.69, 9.17) is 0 Å². The van der Waals surface area contributed by atoms with Crippen LogP contribution in [0.2, 0.25) is 0 Å². The first-order valence-corrected chi connectivity index (χ1v) is 11.3. The van der Waals surface area contributed by atoms with Crippen LogP contribution in [0.3, 0.4) is 0 Å². The highest BCUT2D eigenvalue weighted by Crippen LogP contribution is 2.33. The number of aromatic nitrogens is 4. The van der Waals surface area contributed by atoms with Crippen molar-refractivity contribution in [1.82, 2.24) is 24.8 Å². The lowest BCUT2D eigenvalue weighted by Crippen LogP contribution is -2.33. The van der Waals surface area contributed by atoms with Gasteiger partial charge in [-0.3, -0.25) is 19.4 Å². The van der Waals surface area contributed by atoms with Crippen molar-refractivity contribution in [2.24, 2.45) is 0 Å². The summed E-state index contributed by atoms with van der Waals surface area (Å²) in [7, 11) is 0. The zero-order chi connectivity index (χ0) is 24.9. The summed E-state index contributed by atoms with van der Waals surface area (Å²) in [4.78, 5) is 48.7. The lowest BCUT2D eigenvalue weighted by atomic mass is 10.0. The Labute approximate surface area is 206 Å². The summed E-state index contributed by atoms with van der Waals surface area (Å²) in [6.07, 6.45) is 13.6. The molecular weight excluding hydrogens is 456 g/mol. The first-order valence-electron chi connectivity index (χ1n) is 11.3. The Bertz CT molecular complexity index is 1540. The number of imidazole rings is 1. The lowest BCUT2D eigenvalue weighted by Gasteiger charge is -2.08. The van der Waals surface area contributed by atoms with E-state index in [1.165, 1.54) is 10.6 Å². The van der Waals surface area contributed by atoms with E-state index in [-0.39, 0.29) is 23.6 Å². The van der Waals surface area contributed by atoms with Gasteiger partial charge in [-0.1, -0.05) is 24.3 Å². The van der Waals surface area contributed by atoms with Crippen LogP contribution < -0.4 is 16.2 Å². The molecule has 0 saturated heterocycles. The minimum Gasteiger partial charge on any atom is -0.348 e. The number of nitrogens with zero attached hydrogens (tertiary/aromatic N) is 3. The number of fused-ring (bicyclic) bond motifs is 1. The van der Waals surface area contributed by atoms with E-state index in [0.29, 0.717) is 12.1 Å². The molecule has 3 aromatic heterocycles. The number of pyridine rings is 2. The minimum atomic E-state index is -0.441. The maximum atomic E-state index is 12.8. The predicted octanol–water partition coefficient (Wildman–Crippen LogP) is 2.95. The number of aromatic amines is 1. The van der Waals surface area contributed by atoms with Crippen molar-refractivity contribution in [3.63, 3.8) is 0 Å². The molecule has 9 heteroatoms. The molecule has 2 amide bonds. The Morgan fingerprint density at radius 1 is 1.08 bits per heavy atom. The van der Waals surface area contributed by atoms with Crippen LogP contribution in [0.25, 0.3) is 17.7 Å². The molecule has 0 saturated carbocycles. The first kappa shape index (κ1) is 22.7. The summed E-state index contributed by atoms with van der Waals surface area (Å²) in [5.74, 6) is -0.617. The van der Waals surface area contributed by atoms with Crippen molar-refractivity contribution in [2.75, 3.05) is 11.9 Å². The quantitative estimate of drug-likeness (QED) is 0.353. The van der Waals surface area contributed by atoms with Crippen LogP contribution in [0.4, 0.5) is 5.69 Å². The first-order chi connectivity index (χ1) is 17.6. The SMILES string of the molecule is O=C1Nc2cc(/C=C/CNC(=O)c3cccn(Cc4ccncc4)c3=O)ccc2/C1=C\c1cnc[nH]1. The third-order valence-electron chi connectivity index (χ3n) is 5.70. The van der Waals surface area contributed by atoms with Gasteiger partial charge < -0.3 is 20.2 Å². The molecule has 0 spiro atoms. The number of hydrogen-bond acceptors (Lipinski definition) is 5. The molecular formula is C27H22N6O3. The molecule has 0 aliphatic carbocycles. The highest BCUT2D eigenvalue weighted by molar-refractivity contribution is 6.34. The molecule has 1 aliphatic heterocycles. The monoisotopic (exact) mass is 478 g/mol. The largest absolute Gasteiger partial charge is 0.348 e. The normalized spacial score (nSPS) is 13.7. The summed E-state index contributed by atoms with van der Waals surface area (Å²) in [5, 5.41) is 5.63. The van der Waals surface area contributed by atoms with Crippen LogP contribution in [0, 0.1) is 0 Å². The molecule has 0 atom stereocenters. The van der Waals surface area contributed by atoms with Gasteiger partial charge in [0.25, 0.3) is 17.4 Å². The number of hydrogen-bond donors (Lipinski definition) is 3. The van der Waals surface area contributed by atoms with Crippen LogP contribution in [-0.4, -0.2) is 37.9 Å². The fourth-order valence-electron chi connectivity index (χ4n) is 3.92. The number of rotatable bonds is 7. The van der Waals surface area contributed by atoms with E-state index >= 15 is 0 Å². The van der Waals surface area contributed by atoms with Gasteiger partial charge in [0.1, 0.15) is 5.56 Å². The highest BCUT2D eigenvalue weighted by atomic mass is 16.2. The lowest BCUT2D eigenvalue weighted by molar-refractivity contribution is -0.110. The average Bonchev–Trinajstić information content (AvgIpc) is 3.51. The van der Waals surface area contributed by atoms with Crippen molar-refractivity contribution >= 4 is 35.2 Å². The van der Waals surface area contributed by atoms with Crippen LogP contribution in [-0.2, 0) is 11.3 Å². The number of carbonyl (C=O) groups is 2. The van der Waals surface area contributed by atoms with E-state index in [9.17, 15) is 14.4 Å². The average molecular weight is 479 g/mol. The van der Waals surface area contributed by atoms with Crippen LogP contribution in [0.1, 0.15) is 32.7 Å². The van der Waals surface area contributed by atoms with Crippen molar-refractivity contribution in [3.8, 4) is 0 Å². The Kier molecular flexibility index (Phi) is 6.35. The molecule has 0 radical (unpaired) electrons. The Hall–Kier alpha value is -5.05. The summed E-state index contributed by atoms with van der Waals surface area (Å²) >= 11 is 0. The smallest absolute Gasteiger partial charge is 0.263 e. The van der Waals surface area contributed by atoms with Crippen molar-refractivity contribution in [1.29, 1.82) is 0 Å². The van der Waals surface area contributed by atoms with E-state index in [2.05, 4.69) is 25.6 Å². The van der Waals surface area contributed by atoms with Gasteiger partial charge in [-0.15, -0.1) is 0 Å². The second-order valence-corrected chi connectivity index (χ2v) is 8.15. The summed E-state index contributed by atoms with van der Waals surface area (Å²) in [5.41, 5.74) is 4.35. The molecule has 0 unspecified atom stereocenters. The van der Waals surface area contributed by atoms with E-state index in [1.807, 2.05) is 36.4 Å². The fraction of sp³-hybridized carbons (Fsp3) is 0.0741. The standard InChI is InChI=1S/C27H22N6O3/c34-25(22-4-2-12-33(27(22)36)16-19-7-10-28-11-8-19)30-9-1-3-18-5-6-21-23(14-20-15-29-17-31-20)26(35)32-24(21)13-18/h1-8,10-15,17H,9,16H2,(H,29,31)(H,30,34)(H,32,35)/b3-1+,23-14+. The van der Waals surface area contributed by atoms with E-state index < -0.39 is 5.91 Å². The number of anilines is 1. The molecule has 36 heavy (non-hydrogen) atoms. The van der Waals surface area contributed by atoms with Crippen molar-refractivity contribution in [2.45, 2.75) is 6.54 Å². The van der Waals surface area contributed by atoms with Gasteiger partial charge in [-0.05, 0) is 47.5 Å². The van der Waals surface area contributed by atoms with Crippen LogP contribution >= 0.6 is 0 Å². The van der Waals surface area contributed by atoms with Gasteiger partial charge in [0.2, 0.25) is 0 Å². The second kappa shape index (κ2) is 10.1. The molecule has 1 aliphatic rings. The summed E-state index contributed by atoms with van der Waals surface area (Å²) in [6, 6.07) is 12.5. The maximum Gasteiger partial charge on any atom is 0.263 e. The Morgan fingerprint density at radius 2 is 1.94 bits per heavy atom. The van der Waals surface area contributed by atoms with E-state index in [1.54, 1.807) is 49.3 Å². The van der Waals surface area contributed by atoms with Gasteiger partial charge in [-0.2, -0.15) is 0 Å². The third-order valence-corrected chi connectivity index (χ3v) is 5.70. The second-order valence-electron chi connectivity index (χ2n) is 8.15. The summed E-state index contributed by atoms with van der Waals surface area (Å²) < 4.78 is 1.49. The van der Waals surface area contributed by atoms with Gasteiger partial charge in [0.05, 0.1) is 30.3 Å². The molecule has 178 valence electrons. The van der Waals surface area contributed by atoms with Gasteiger partial charge >= 0.3 is 0 Å². The Balaban J connectivity index is 1.22. The number of nitrogens with one attached hydrogen (secondary N) is 3. The number of amides is 2. The minimum absolute atomic E-state index is 0.0804. The topological polar surface area (TPSA) is 122 Å². The van der Waals surface area contributed by atoms with Crippen LogP contribution in [0.5, 0.6) is 0 Å². The molecule has 0 fully saturated rings. The summed E-state index contributed by atoms with van der Waals surface area (Å²) in [6.45, 7) is 0.599. The third kappa shape index (κ3) is 4.90. The molecule has 3 N–H and O–H groups in total. The fourth-order valence-corrected chi connectivity index (χ4v) is 3.92. The van der Waals surface area contributed by atoms with Gasteiger partial charge in [0.15, 0.2) is 0 Å². The molecule has 4 aromatic rings. The zero-order valence-electron chi connectivity index (χ0n) is 19.1. The highest BCUT2D eigenvalue weighted by Gasteiger charge is 2.24. The van der Waals surface area contributed by atoms with Crippen molar-refractivity contribution < 1.29 is 9.59 Å². The van der Waals surface area contributed by atoms with E-state index in [0.717, 1.165) is 28.1 Å². The number of carbonyl (C=O) groups excluding carboxylic acids is 2. The zero-order valence-corrected chi connectivity index (χ0v) is 19.1. The number of H-pyrrole nitrogens is 1. The molecule has 5 rings (SSSR count). The molecule has 4 heterocycles. The number of benzene rings is 1. The molecule has 0 bridgehead atoms. The van der Waals surface area contributed by atoms with Gasteiger partial charge in [0, 0.05) is 36.4 Å². The van der Waals surface area contributed by atoms with Gasteiger partial charge in [-0.25, -0.2) is 4.98 Å². The maximum absolute atomic E-state index is 12.8. The van der Waals surface area contributed by atoms with Crippen LogP contribution in [0.15, 0.2) is 84.4 Å². The Morgan fingerprint density at radius 3 is 2.75 bits per heavy atom. The van der Waals surface area contributed by atoms with Crippen molar-refractivity contribution in [3.05, 3.63) is 118 Å². The molecule has 1 aromatic carbocycles. The predicted molar refractivity (Wildman–Crippen MR) is 137 cm³/mol.